The Morgan fingerprint density at radius 1 is 1.03 bits per heavy atom. The van der Waals surface area contributed by atoms with E-state index in [1.54, 1.807) is 13.0 Å². The summed E-state index contributed by atoms with van der Waals surface area (Å²) in [7, 11) is 1.35. The van der Waals surface area contributed by atoms with Crippen LogP contribution in [-0.2, 0) is 17.4 Å². The smallest absolute Gasteiger partial charge is 0.358 e. The van der Waals surface area contributed by atoms with Gasteiger partial charge < -0.3 is 5.32 Å². The quantitative estimate of drug-likeness (QED) is 0.402. The Kier molecular flexibility index (Phi) is 8.16. The van der Waals surface area contributed by atoms with E-state index < -0.39 is 47.3 Å². The number of alkyl halides is 3. The fourth-order valence-electron chi connectivity index (χ4n) is 3.68. The molecule has 0 spiro atoms. The molecule has 1 heterocycles. The monoisotopic (exact) mass is 495 g/mol. The molecule has 10 heteroatoms. The van der Waals surface area contributed by atoms with Crippen LogP contribution in [0.3, 0.4) is 0 Å². The molecule has 35 heavy (non-hydrogen) atoms. The number of pyridine rings is 1. The summed E-state index contributed by atoms with van der Waals surface area (Å²) in [5.74, 6) is -3.38. The molecule has 3 aromatic rings. The number of benzene rings is 2. The maximum atomic E-state index is 14.6. The highest BCUT2D eigenvalue weighted by molar-refractivity contribution is 5.83. The molecule has 0 saturated carbocycles. The summed E-state index contributed by atoms with van der Waals surface area (Å²) in [4.78, 5) is 16.1. The predicted octanol–water partition coefficient (Wildman–Crippen LogP) is 5.58. The molecule has 1 unspecified atom stereocenters. The number of rotatable bonds is 8. The van der Waals surface area contributed by atoms with Gasteiger partial charge in [0.05, 0.1) is 0 Å². The lowest BCUT2D eigenvalue weighted by molar-refractivity contribution is -0.141. The molecule has 2 aromatic carbocycles. The van der Waals surface area contributed by atoms with Crippen molar-refractivity contribution in [3.63, 3.8) is 0 Å². The number of aryl methyl sites for hydroxylation is 2. The number of halogens is 6. The number of amides is 1. The second kappa shape index (κ2) is 10.9. The molecule has 186 valence electrons. The topological polar surface area (TPSA) is 54.0 Å². The van der Waals surface area contributed by atoms with Gasteiger partial charge in [-0.05, 0) is 54.7 Å². The molecule has 1 aromatic heterocycles. The van der Waals surface area contributed by atoms with E-state index in [9.17, 15) is 31.1 Å². The van der Waals surface area contributed by atoms with Crippen LogP contribution in [0, 0.1) is 24.4 Å². The SMILES string of the molecule is CNC(=O)C(N[C@H](CCc1ccc(C(F)(F)F)nc1)c1ccc(F)c(C)c1)c1cccc(F)c1F. The van der Waals surface area contributed by atoms with Gasteiger partial charge in [-0.2, -0.15) is 13.2 Å². The second-order valence-electron chi connectivity index (χ2n) is 8.01. The van der Waals surface area contributed by atoms with Crippen LogP contribution in [0.2, 0.25) is 0 Å². The molecule has 4 nitrogen and oxygen atoms in total. The Morgan fingerprint density at radius 3 is 2.37 bits per heavy atom. The molecule has 2 N–H and O–H groups in total. The first-order valence-corrected chi connectivity index (χ1v) is 10.7. The fraction of sp³-hybridized carbons (Fsp3) is 0.280. The first-order valence-electron chi connectivity index (χ1n) is 10.7. The van der Waals surface area contributed by atoms with Crippen molar-refractivity contribution in [2.45, 2.75) is 38.0 Å². The van der Waals surface area contributed by atoms with Crippen molar-refractivity contribution < 1.29 is 31.1 Å². The first kappa shape index (κ1) is 26.2. The van der Waals surface area contributed by atoms with Gasteiger partial charge in [-0.15, -0.1) is 0 Å². The molecule has 0 bridgehead atoms. The van der Waals surface area contributed by atoms with Crippen LogP contribution < -0.4 is 10.6 Å². The molecule has 0 saturated heterocycles. The Morgan fingerprint density at radius 2 is 1.77 bits per heavy atom. The normalized spacial score (nSPS) is 13.4. The third-order valence-electron chi connectivity index (χ3n) is 5.59. The van der Waals surface area contributed by atoms with Crippen molar-refractivity contribution in [3.05, 3.63) is 100 Å². The minimum Gasteiger partial charge on any atom is -0.358 e. The van der Waals surface area contributed by atoms with Crippen LogP contribution in [0.25, 0.3) is 0 Å². The van der Waals surface area contributed by atoms with Gasteiger partial charge in [0.15, 0.2) is 11.6 Å². The third kappa shape index (κ3) is 6.39. The van der Waals surface area contributed by atoms with E-state index in [1.165, 1.54) is 37.4 Å². The molecular formula is C25H23F6N3O. The van der Waals surface area contributed by atoms with E-state index >= 15 is 0 Å². The number of hydrogen-bond donors (Lipinski definition) is 2. The van der Waals surface area contributed by atoms with E-state index in [1.807, 2.05) is 0 Å². The van der Waals surface area contributed by atoms with E-state index in [2.05, 4.69) is 15.6 Å². The molecule has 0 radical (unpaired) electrons. The van der Waals surface area contributed by atoms with Crippen LogP contribution in [0.4, 0.5) is 26.3 Å². The first-order chi connectivity index (χ1) is 16.5. The Hall–Kier alpha value is -3.40. The van der Waals surface area contributed by atoms with E-state index in [-0.39, 0.29) is 18.4 Å². The fourth-order valence-corrected chi connectivity index (χ4v) is 3.68. The Balaban J connectivity index is 1.93. The largest absolute Gasteiger partial charge is 0.433 e. The molecule has 0 aliphatic carbocycles. The molecule has 2 atom stereocenters. The second-order valence-corrected chi connectivity index (χ2v) is 8.01. The van der Waals surface area contributed by atoms with Crippen molar-refractivity contribution >= 4 is 5.91 Å². The van der Waals surface area contributed by atoms with E-state index in [4.69, 9.17) is 0 Å². The lowest BCUT2D eigenvalue weighted by atomic mass is 9.95. The average molecular weight is 495 g/mol. The molecule has 0 aliphatic heterocycles. The molecule has 1 amide bonds. The highest BCUT2D eigenvalue weighted by Gasteiger charge is 2.32. The number of carbonyl (C=O) groups excluding carboxylic acids is 1. The van der Waals surface area contributed by atoms with Crippen molar-refractivity contribution in [1.29, 1.82) is 0 Å². The predicted molar refractivity (Wildman–Crippen MR) is 118 cm³/mol. The standard InChI is InChI=1S/C25H23F6N3O/c1-14-12-16(8-9-18(14)26)20(10-6-15-7-11-21(33-13-15)25(29,30)31)34-23(24(35)32-2)17-4-3-5-19(27)22(17)28/h3-5,7-9,11-13,20,23,34H,6,10H2,1-2H3,(H,32,35)/t20-,23?/m1/s1. The van der Waals surface area contributed by atoms with Gasteiger partial charge in [0.1, 0.15) is 17.6 Å². The van der Waals surface area contributed by atoms with E-state index in [0.29, 0.717) is 16.7 Å². The number of nitrogens with zero attached hydrogens (tertiary/aromatic N) is 1. The van der Waals surface area contributed by atoms with Crippen LogP contribution in [0.5, 0.6) is 0 Å². The zero-order valence-electron chi connectivity index (χ0n) is 18.9. The molecule has 0 fully saturated rings. The summed E-state index contributed by atoms with van der Waals surface area (Å²) in [6.45, 7) is 1.55. The summed E-state index contributed by atoms with van der Waals surface area (Å²) in [5.41, 5.74) is 0.154. The molecule has 0 aliphatic rings. The maximum Gasteiger partial charge on any atom is 0.433 e. The van der Waals surface area contributed by atoms with Gasteiger partial charge in [-0.3, -0.25) is 15.1 Å². The van der Waals surface area contributed by atoms with Gasteiger partial charge in [0, 0.05) is 24.8 Å². The number of hydrogen-bond acceptors (Lipinski definition) is 3. The summed E-state index contributed by atoms with van der Waals surface area (Å²) in [6.07, 6.45) is -2.98. The molecule has 3 rings (SSSR count). The van der Waals surface area contributed by atoms with Crippen LogP contribution >= 0.6 is 0 Å². The van der Waals surface area contributed by atoms with Crippen LogP contribution in [-0.4, -0.2) is 17.9 Å². The summed E-state index contributed by atoms with van der Waals surface area (Å²) in [6, 6.07) is 7.98. The Labute approximate surface area is 198 Å². The number of carbonyl (C=O) groups is 1. The third-order valence-corrected chi connectivity index (χ3v) is 5.59. The van der Waals surface area contributed by atoms with Gasteiger partial charge in [0.25, 0.3) is 0 Å². The average Bonchev–Trinajstić information content (AvgIpc) is 2.82. The summed E-state index contributed by atoms with van der Waals surface area (Å²) < 4.78 is 80.7. The van der Waals surface area contributed by atoms with Crippen molar-refractivity contribution in [2.75, 3.05) is 7.05 Å². The number of likely N-dealkylation sites (N-methyl/N-ethyl adjacent to an activating group) is 1. The zero-order chi connectivity index (χ0) is 25.8. The minimum atomic E-state index is -4.57. The van der Waals surface area contributed by atoms with Crippen LogP contribution in [0.1, 0.15) is 46.5 Å². The number of aromatic nitrogens is 1. The number of nitrogens with one attached hydrogen (secondary N) is 2. The summed E-state index contributed by atoms with van der Waals surface area (Å²) >= 11 is 0. The molecular weight excluding hydrogens is 472 g/mol. The van der Waals surface area contributed by atoms with Gasteiger partial charge in [-0.1, -0.05) is 30.3 Å². The highest BCUT2D eigenvalue weighted by atomic mass is 19.4. The lowest BCUT2D eigenvalue weighted by Crippen LogP contribution is -2.38. The van der Waals surface area contributed by atoms with Gasteiger partial charge in [-0.25, -0.2) is 13.2 Å². The van der Waals surface area contributed by atoms with Crippen molar-refractivity contribution in [1.82, 2.24) is 15.6 Å². The maximum absolute atomic E-state index is 14.6. The minimum absolute atomic E-state index is 0.218. The van der Waals surface area contributed by atoms with Crippen molar-refractivity contribution in [3.8, 4) is 0 Å². The van der Waals surface area contributed by atoms with Crippen molar-refractivity contribution in [2.24, 2.45) is 0 Å². The van der Waals surface area contributed by atoms with E-state index in [0.717, 1.165) is 18.3 Å². The lowest BCUT2D eigenvalue weighted by Gasteiger charge is -2.26. The zero-order valence-corrected chi connectivity index (χ0v) is 18.9. The highest BCUT2D eigenvalue weighted by Crippen LogP contribution is 2.29. The summed E-state index contributed by atoms with van der Waals surface area (Å²) in [5, 5.41) is 5.43. The Bertz CT molecular complexity index is 1180. The van der Waals surface area contributed by atoms with Gasteiger partial charge >= 0.3 is 6.18 Å². The van der Waals surface area contributed by atoms with Crippen LogP contribution in [0.15, 0.2) is 54.7 Å². The van der Waals surface area contributed by atoms with Gasteiger partial charge in [0.2, 0.25) is 5.91 Å².